The molecule has 1 aliphatic heterocycles. The number of hydrogen-bond acceptors (Lipinski definition) is 5. The number of benzene rings is 1. The zero-order chi connectivity index (χ0) is 16.4. The summed E-state index contributed by atoms with van der Waals surface area (Å²) < 4.78 is 5.82. The topological polar surface area (TPSA) is 45.4 Å². The Hall–Kier alpha value is -1.43. The monoisotopic (exact) mass is 346 g/mol. The van der Waals surface area contributed by atoms with Gasteiger partial charge in [-0.25, -0.2) is 0 Å². The first-order valence-electron chi connectivity index (χ1n) is 8.83. The van der Waals surface area contributed by atoms with E-state index in [1.54, 1.807) is 0 Å². The molecule has 24 heavy (non-hydrogen) atoms. The average Bonchev–Trinajstić information content (AvgIpc) is 3.28. The van der Waals surface area contributed by atoms with E-state index in [4.69, 9.17) is 16.0 Å². The van der Waals surface area contributed by atoms with Crippen molar-refractivity contribution in [1.29, 1.82) is 0 Å². The van der Waals surface area contributed by atoms with Crippen molar-refractivity contribution in [2.75, 3.05) is 26.2 Å². The Kier molecular flexibility index (Phi) is 4.83. The maximum absolute atomic E-state index is 5.91. The number of aromatic nitrogens is 2. The van der Waals surface area contributed by atoms with Crippen LogP contribution in [-0.2, 0) is 6.54 Å². The van der Waals surface area contributed by atoms with Crippen LogP contribution in [0.15, 0.2) is 28.7 Å². The standard InChI is InChI=1S/C18H23ClN4O/c19-15-7-5-14(6-8-15)18-21-20-17(24-18)13-22-9-11-23(12-10-22)16-3-1-2-4-16/h5-8,16H,1-4,9-13H2. The third-order valence-electron chi connectivity index (χ3n) is 5.16. The number of nitrogens with zero attached hydrogens (tertiary/aromatic N) is 4. The first kappa shape index (κ1) is 16.1. The van der Waals surface area contributed by atoms with Crippen LogP contribution in [0.4, 0.5) is 0 Å². The molecule has 0 radical (unpaired) electrons. The summed E-state index contributed by atoms with van der Waals surface area (Å²) in [6, 6.07) is 8.30. The molecule has 0 bridgehead atoms. The average molecular weight is 347 g/mol. The van der Waals surface area contributed by atoms with Crippen LogP contribution >= 0.6 is 11.6 Å². The van der Waals surface area contributed by atoms with Crippen molar-refractivity contribution in [2.24, 2.45) is 0 Å². The Morgan fingerprint density at radius 1 is 1.00 bits per heavy atom. The van der Waals surface area contributed by atoms with E-state index in [2.05, 4.69) is 20.0 Å². The Labute approximate surface area is 147 Å². The molecular weight excluding hydrogens is 324 g/mol. The summed E-state index contributed by atoms with van der Waals surface area (Å²) in [5.41, 5.74) is 0.907. The van der Waals surface area contributed by atoms with Crippen LogP contribution in [0.1, 0.15) is 31.6 Å². The summed E-state index contributed by atoms with van der Waals surface area (Å²) in [6.45, 7) is 5.20. The Balaban J connectivity index is 1.32. The largest absolute Gasteiger partial charge is 0.419 e. The number of halogens is 1. The van der Waals surface area contributed by atoms with Crippen LogP contribution < -0.4 is 0 Å². The van der Waals surface area contributed by atoms with Gasteiger partial charge in [0.25, 0.3) is 0 Å². The summed E-state index contributed by atoms with van der Waals surface area (Å²) in [7, 11) is 0. The molecule has 2 fully saturated rings. The molecule has 2 aliphatic rings. The molecule has 2 heterocycles. The molecule has 1 aromatic carbocycles. The normalized spacial score (nSPS) is 20.7. The molecule has 2 aromatic rings. The predicted octanol–water partition coefficient (Wildman–Crippen LogP) is 3.45. The van der Waals surface area contributed by atoms with Crippen LogP contribution in [0.5, 0.6) is 0 Å². The number of piperazine rings is 1. The molecule has 1 aromatic heterocycles. The lowest BCUT2D eigenvalue weighted by molar-refractivity contribution is 0.0884. The summed E-state index contributed by atoms with van der Waals surface area (Å²) in [5, 5.41) is 9.07. The summed E-state index contributed by atoms with van der Waals surface area (Å²) in [4.78, 5) is 5.07. The Morgan fingerprint density at radius 3 is 2.42 bits per heavy atom. The first-order valence-corrected chi connectivity index (χ1v) is 9.20. The van der Waals surface area contributed by atoms with Gasteiger partial charge in [-0.3, -0.25) is 9.80 Å². The quantitative estimate of drug-likeness (QED) is 0.848. The number of rotatable bonds is 4. The van der Waals surface area contributed by atoms with Gasteiger partial charge in [0.15, 0.2) is 0 Å². The van der Waals surface area contributed by atoms with Crippen LogP contribution in [0.25, 0.3) is 11.5 Å². The highest BCUT2D eigenvalue weighted by Crippen LogP contribution is 2.25. The third-order valence-corrected chi connectivity index (χ3v) is 5.42. The van der Waals surface area contributed by atoms with E-state index in [-0.39, 0.29) is 0 Å². The van der Waals surface area contributed by atoms with Crippen LogP contribution in [0, 0.1) is 0 Å². The summed E-state index contributed by atoms with van der Waals surface area (Å²) >= 11 is 5.91. The highest BCUT2D eigenvalue weighted by atomic mass is 35.5. The first-order chi connectivity index (χ1) is 11.8. The van der Waals surface area contributed by atoms with Crippen molar-refractivity contribution >= 4 is 11.6 Å². The van der Waals surface area contributed by atoms with Gasteiger partial charge in [0, 0.05) is 42.8 Å². The van der Waals surface area contributed by atoms with Crippen molar-refractivity contribution in [3.05, 3.63) is 35.2 Å². The van der Waals surface area contributed by atoms with E-state index in [0.717, 1.165) is 44.3 Å². The molecule has 1 saturated carbocycles. The van der Waals surface area contributed by atoms with E-state index in [0.29, 0.717) is 16.8 Å². The molecule has 5 nitrogen and oxygen atoms in total. The highest BCUT2D eigenvalue weighted by molar-refractivity contribution is 6.30. The smallest absolute Gasteiger partial charge is 0.247 e. The minimum atomic E-state index is 0.561. The minimum Gasteiger partial charge on any atom is -0.419 e. The highest BCUT2D eigenvalue weighted by Gasteiger charge is 2.26. The van der Waals surface area contributed by atoms with Crippen LogP contribution in [0.2, 0.25) is 5.02 Å². The van der Waals surface area contributed by atoms with Crippen molar-refractivity contribution in [1.82, 2.24) is 20.0 Å². The van der Waals surface area contributed by atoms with Gasteiger partial charge in [-0.05, 0) is 37.1 Å². The fourth-order valence-electron chi connectivity index (χ4n) is 3.77. The molecule has 6 heteroatoms. The van der Waals surface area contributed by atoms with Crippen molar-refractivity contribution in [3.8, 4) is 11.5 Å². The molecule has 1 aliphatic carbocycles. The molecule has 0 amide bonds. The molecule has 0 spiro atoms. The van der Waals surface area contributed by atoms with E-state index < -0.39 is 0 Å². The molecule has 0 N–H and O–H groups in total. The fraction of sp³-hybridized carbons (Fsp3) is 0.556. The van der Waals surface area contributed by atoms with E-state index in [9.17, 15) is 0 Å². The Morgan fingerprint density at radius 2 is 1.71 bits per heavy atom. The van der Waals surface area contributed by atoms with Crippen molar-refractivity contribution < 1.29 is 4.42 Å². The molecule has 1 saturated heterocycles. The van der Waals surface area contributed by atoms with E-state index in [1.165, 1.54) is 25.7 Å². The minimum absolute atomic E-state index is 0.561. The number of hydrogen-bond donors (Lipinski definition) is 0. The third kappa shape index (κ3) is 3.63. The van der Waals surface area contributed by atoms with Gasteiger partial charge in [0.05, 0.1) is 6.54 Å². The maximum Gasteiger partial charge on any atom is 0.247 e. The van der Waals surface area contributed by atoms with Gasteiger partial charge in [-0.1, -0.05) is 24.4 Å². The fourth-order valence-corrected chi connectivity index (χ4v) is 3.90. The lowest BCUT2D eigenvalue weighted by Crippen LogP contribution is -2.49. The van der Waals surface area contributed by atoms with E-state index in [1.807, 2.05) is 24.3 Å². The van der Waals surface area contributed by atoms with Crippen LogP contribution in [0.3, 0.4) is 0 Å². The van der Waals surface area contributed by atoms with E-state index >= 15 is 0 Å². The summed E-state index contributed by atoms with van der Waals surface area (Å²) in [5.74, 6) is 1.25. The zero-order valence-electron chi connectivity index (χ0n) is 13.8. The van der Waals surface area contributed by atoms with Crippen molar-refractivity contribution in [3.63, 3.8) is 0 Å². The van der Waals surface area contributed by atoms with Crippen molar-refractivity contribution in [2.45, 2.75) is 38.3 Å². The lowest BCUT2D eigenvalue weighted by atomic mass is 10.2. The van der Waals surface area contributed by atoms with Gasteiger partial charge in [-0.15, -0.1) is 10.2 Å². The summed E-state index contributed by atoms with van der Waals surface area (Å²) in [6.07, 6.45) is 5.57. The molecule has 128 valence electrons. The second-order valence-electron chi connectivity index (χ2n) is 6.76. The van der Waals surface area contributed by atoms with Gasteiger partial charge < -0.3 is 4.42 Å². The molecule has 0 atom stereocenters. The molecular formula is C18H23ClN4O. The second-order valence-corrected chi connectivity index (χ2v) is 7.19. The van der Waals surface area contributed by atoms with Crippen LogP contribution in [-0.4, -0.2) is 52.2 Å². The van der Waals surface area contributed by atoms with Gasteiger partial charge in [0.1, 0.15) is 0 Å². The SMILES string of the molecule is Clc1ccc(-c2nnc(CN3CCN(C4CCCC4)CC3)o2)cc1. The maximum atomic E-state index is 5.91. The predicted molar refractivity (Wildman–Crippen MR) is 93.9 cm³/mol. The zero-order valence-corrected chi connectivity index (χ0v) is 14.6. The lowest BCUT2D eigenvalue weighted by Gasteiger charge is -2.37. The van der Waals surface area contributed by atoms with Gasteiger partial charge in [-0.2, -0.15) is 0 Å². The Bertz CT molecular complexity index is 658. The molecule has 4 rings (SSSR count). The van der Waals surface area contributed by atoms with Gasteiger partial charge >= 0.3 is 0 Å². The second kappa shape index (κ2) is 7.21. The van der Waals surface area contributed by atoms with Gasteiger partial charge in [0.2, 0.25) is 11.8 Å². The molecule has 0 unspecified atom stereocenters.